The summed E-state index contributed by atoms with van der Waals surface area (Å²) < 4.78 is 0. The first-order valence-corrected chi connectivity index (χ1v) is 3.04. The lowest BCUT2D eigenvalue weighted by Crippen LogP contribution is -2.13. The Hall–Kier alpha value is -0.550. The first-order valence-electron chi connectivity index (χ1n) is 3.04. The van der Waals surface area contributed by atoms with Gasteiger partial charge in [-0.1, -0.05) is 0 Å². The molecule has 2 aliphatic rings. The zero-order valence-electron chi connectivity index (χ0n) is 4.59. The molecule has 0 bridgehead atoms. The van der Waals surface area contributed by atoms with Crippen LogP contribution in [0.2, 0.25) is 0 Å². The third-order valence-electron chi connectivity index (χ3n) is 2.24. The van der Waals surface area contributed by atoms with E-state index in [1.165, 1.54) is 0 Å². The Bertz CT molecular complexity index is 137. The summed E-state index contributed by atoms with van der Waals surface area (Å²) in [4.78, 5) is 0. The smallest absolute Gasteiger partial charge is 0.0662 e. The van der Waals surface area contributed by atoms with Crippen LogP contribution in [0.25, 0.3) is 0 Å². The molecule has 1 aliphatic carbocycles. The minimum Gasteiger partial charge on any atom is -0.316 e. The number of nitrogens with one attached hydrogen (secondary N) is 1. The van der Waals surface area contributed by atoms with E-state index in [-0.39, 0.29) is 0 Å². The SMILES string of the molecule is N#CC1C2CNC[C@@H]12. The number of rotatable bonds is 0. The average Bonchev–Trinajstić information content (AvgIpc) is 2.22. The maximum absolute atomic E-state index is 8.43. The van der Waals surface area contributed by atoms with E-state index in [9.17, 15) is 0 Å². The van der Waals surface area contributed by atoms with Crippen molar-refractivity contribution >= 4 is 0 Å². The van der Waals surface area contributed by atoms with E-state index in [2.05, 4.69) is 11.4 Å². The predicted octanol–water partition coefficient (Wildman–Crippen LogP) is -0.0246. The molecule has 2 rings (SSSR count). The Kier molecular flexibility index (Phi) is 0.671. The van der Waals surface area contributed by atoms with Gasteiger partial charge in [0.2, 0.25) is 0 Å². The molecule has 0 spiro atoms. The molecule has 1 heterocycles. The van der Waals surface area contributed by atoms with Crippen molar-refractivity contribution in [3.63, 3.8) is 0 Å². The van der Waals surface area contributed by atoms with Gasteiger partial charge in [0, 0.05) is 0 Å². The molecule has 2 unspecified atom stereocenters. The van der Waals surface area contributed by atoms with Gasteiger partial charge in [0.25, 0.3) is 0 Å². The van der Waals surface area contributed by atoms with Gasteiger partial charge in [0.1, 0.15) is 0 Å². The van der Waals surface area contributed by atoms with Crippen molar-refractivity contribution in [2.24, 2.45) is 17.8 Å². The fourth-order valence-electron chi connectivity index (χ4n) is 1.61. The minimum absolute atomic E-state index is 0.413. The molecule has 2 nitrogen and oxygen atoms in total. The Morgan fingerprint density at radius 2 is 2.00 bits per heavy atom. The highest BCUT2D eigenvalue weighted by atomic mass is 15.0. The highest BCUT2D eigenvalue weighted by molar-refractivity contribution is 5.13. The molecule has 0 aromatic carbocycles. The van der Waals surface area contributed by atoms with Gasteiger partial charge in [0.05, 0.1) is 12.0 Å². The number of nitriles is 1. The van der Waals surface area contributed by atoms with E-state index in [0.717, 1.165) is 24.9 Å². The molecule has 2 fully saturated rings. The van der Waals surface area contributed by atoms with E-state index < -0.39 is 0 Å². The maximum atomic E-state index is 8.43. The van der Waals surface area contributed by atoms with Crippen molar-refractivity contribution in [1.29, 1.82) is 5.26 Å². The van der Waals surface area contributed by atoms with Crippen LogP contribution in [-0.4, -0.2) is 13.1 Å². The van der Waals surface area contributed by atoms with E-state index in [4.69, 9.17) is 5.26 Å². The Morgan fingerprint density at radius 1 is 1.38 bits per heavy atom. The van der Waals surface area contributed by atoms with Gasteiger partial charge in [-0.05, 0) is 24.9 Å². The normalized spacial score (nSPS) is 50.1. The van der Waals surface area contributed by atoms with Gasteiger partial charge >= 0.3 is 0 Å². The molecule has 1 saturated heterocycles. The fourth-order valence-corrected chi connectivity index (χ4v) is 1.61. The largest absolute Gasteiger partial charge is 0.316 e. The first-order chi connectivity index (χ1) is 3.93. The van der Waals surface area contributed by atoms with Crippen LogP contribution >= 0.6 is 0 Å². The van der Waals surface area contributed by atoms with Crippen LogP contribution in [0.1, 0.15) is 0 Å². The van der Waals surface area contributed by atoms with Crippen LogP contribution in [-0.2, 0) is 0 Å². The predicted molar refractivity (Wildman–Crippen MR) is 29.0 cm³/mol. The second-order valence-corrected chi connectivity index (χ2v) is 2.64. The molecule has 1 N–H and O–H groups in total. The van der Waals surface area contributed by atoms with Crippen LogP contribution in [0.3, 0.4) is 0 Å². The molecule has 42 valence electrons. The Balaban J connectivity index is 2.06. The van der Waals surface area contributed by atoms with Gasteiger partial charge in [0.15, 0.2) is 0 Å². The molecule has 1 saturated carbocycles. The van der Waals surface area contributed by atoms with Gasteiger partial charge < -0.3 is 5.32 Å². The van der Waals surface area contributed by atoms with Crippen molar-refractivity contribution in [2.75, 3.05) is 13.1 Å². The zero-order chi connectivity index (χ0) is 5.56. The van der Waals surface area contributed by atoms with E-state index in [0.29, 0.717) is 5.92 Å². The summed E-state index contributed by atoms with van der Waals surface area (Å²) in [5.41, 5.74) is 0. The molecule has 0 radical (unpaired) electrons. The van der Waals surface area contributed by atoms with Crippen LogP contribution < -0.4 is 5.32 Å². The monoisotopic (exact) mass is 108 g/mol. The van der Waals surface area contributed by atoms with Gasteiger partial charge in [-0.2, -0.15) is 5.26 Å². The van der Waals surface area contributed by atoms with Gasteiger partial charge in [-0.3, -0.25) is 0 Å². The van der Waals surface area contributed by atoms with Crippen molar-refractivity contribution in [3.05, 3.63) is 0 Å². The van der Waals surface area contributed by atoms with Crippen molar-refractivity contribution in [3.8, 4) is 6.07 Å². The summed E-state index contributed by atoms with van der Waals surface area (Å²) in [6, 6.07) is 2.30. The molecule has 0 amide bonds. The lowest BCUT2D eigenvalue weighted by molar-refractivity contribution is 0.675. The van der Waals surface area contributed by atoms with E-state index >= 15 is 0 Å². The van der Waals surface area contributed by atoms with Crippen LogP contribution in [0.5, 0.6) is 0 Å². The molecular formula is C6H8N2. The lowest BCUT2D eigenvalue weighted by atomic mass is 10.3. The maximum Gasteiger partial charge on any atom is 0.0662 e. The number of fused-ring (bicyclic) bond motifs is 1. The summed E-state index contributed by atoms with van der Waals surface area (Å²) in [6.07, 6.45) is 0. The summed E-state index contributed by atoms with van der Waals surface area (Å²) in [5, 5.41) is 11.7. The van der Waals surface area contributed by atoms with E-state index in [1.807, 2.05) is 0 Å². The van der Waals surface area contributed by atoms with Gasteiger partial charge in [-0.25, -0.2) is 0 Å². The third kappa shape index (κ3) is 0.354. The molecule has 3 atom stereocenters. The quantitative estimate of drug-likeness (QED) is 0.473. The highest BCUT2D eigenvalue weighted by Gasteiger charge is 2.53. The summed E-state index contributed by atoms with van der Waals surface area (Å²) in [6.45, 7) is 2.17. The number of hydrogen-bond donors (Lipinski definition) is 1. The topological polar surface area (TPSA) is 35.8 Å². The molecule has 2 heteroatoms. The standard InChI is InChI=1S/C6H8N2/c7-1-4-5-2-8-3-6(4)5/h4-6,8H,2-3H2/t4?,5-,6?/m0/s1. The number of nitrogens with zero attached hydrogens (tertiary/aromatic N) is 1. The third-order valence-corrected chi connectivity index (χ3v) is 2.24. The second kappa shape index (κ2) is 1.24. The van der Waals surface area contributed by atoms with Gasteiger partial charge in [-0.15, -0.1) is 0 Å². The van der Waals surface area contributed by atoms with Crippen LogP contribution in [0.4, 0.5) is 0 Å². The molecule has 1 aliphatic heterocycles. The van der Waals surface area contributed by atoms with E-state index in [1.54, 1.807) is 0 Å². The second-order valence-electron chi connectivity index (χ2n) is 2.64. The lowest BCUT2D eigenvalue weighted by Gasteiger charge is -1.92. The molecule has 8 heavy (non-hydrogen) atoms. The fraction of sp³-hybridized carbons (Fsp3) is 0.833. The highest BCUT2D eigenvalue weighted by Crippen LogP contribution is 2.47. The Morgan fingerprint density at radius 3 is 2.38 bits per heavy atom. The Labute approximate surface area is 48.5 Å². The minimum atomic E-state index is 0.413. The van der Waals surface area contributed by atoms with Crippen LogP contribution in [0.15, 0.2) is 0 Å². The van der Waals surface area contributed by atoms with Crippen molar-refractivity contribution in [1.82, 2.24) is 5.32 Å². The van der Waals surface area contributed by atoms with Crippen molar-refractivity contribution < 1.29 is 0 Å². The zero-order valence-corrected chi connectivity index (χ0v) is 4.59. The van der Waals surface area contributed by atoms with Crippen LogP contribution in [0, 0.1) is 29.1 Å². The van der Waals surface area contributed by atoms with Crippen molar-refractivity contribution in [2.45, 2.75) is 0 Å². The number of hydrogen-bond acceptors (Lipinski definition) is 2. The molecule has 0 aromatic rings. The number of piperidine rings is 1. The molecular weight excluding hydrogens is 100 g/mol. The first kappa shape index (κ1) is 4.34. The molecule has 0 aromatic heterocycles. The summed E-state index contributed by atoms with van der Waals surface area (Å²) in [5.74, 6) is 1.86. The summed E-state index contributed by atoms with van der Waals surface area (Å²) in [7, 11) is 0. The average molecular weight is 108 g/mol. The summed E-state index contributed by atoms with van der Waals surface area (Å²) >= 11 is 0.